The van der Waals surface area contributed by atoms with E-state index >= 15 is 0 Å². The number of hydrogen-bond acceptors (Lipinski definition) is 5. The molecule has 0 atom stereocenters. The second kappa shape index (κ2) is 8.78. The fourth-order valence-electron chi connectivity index (χ4n) is 3.39. The van der Waals surface area contributed by atoms with Crippen molar-refractivity contribution in [2.75, 3.05) is 4.90 Å². The molecule has 0 N–H and O–H groups in total. The van der Waals surface area contributed by atoms with Gasteiger partial charge in [0.15, 0.2) is 5.13 Å². The first kappa shape index (κ1) is 21.5. The van der Waals surface area contributed by atoms with E-state index in [1.165, 1.54) is 29.2 Å². The van der Waals surface area contributed by atoms with Crippen LogP contribution in [0.1, 0.15) is 25.1 Å². The Balaban J connectivity index is 1.70. The molecule has 4 rings (SSSR count). The lowest BCUT2D eigenvalue weighted by molar-refractivity contribution is -0.115. The Bertz CT molecular complexity index is 1350. The van der Waals surface area contributed by atoms with Crippen molar-refractivity contribution in [3.8, 4) is 0 Å². The predicted molar refractivity (Wildman–Crippen MR) is 126 cm³/mol. The summed E-state index contributed by atoms with van der Waals surface area (Å²) in [5, 5.41) is 3.43. The van der Waals surface area contributed by atoms with Gasteiger partial charge in [-0.2, -0.15) is 0 Å². The molecule has 0 spiro atoms. The van der Waals surface area contributed by atoms with E-state index in [2.05, 4.69) is 9.97 Å². The first-order chi connectivity index (χ1) is 14.9. The third kappa shape index (κ3) is 4.21. The number of benzene rings is 2. The molecule has 0 aliphatic carbocycles. The Kier molecular flexibility index (Phi) is 6.09. The van der Waals surface area contributed by atoms with E-state index in [9.17, 15) is 9.59 Å². The lowest BCUT2D eigenvalue weighted by Gasteiger charge is -2.21. The van der Waals surface area contributed by atoms with Crippen LogP contribution in [0.25, 0.3) is 10.9 Å². The molecule has 0 unspecified atom stereocenters. The Morgan fingerprint density at radius 2 is 2.00 bits per heavy atom. The molecule has 2 aromatic heterocycles. The molecular weight excluding hydrogens is 455 g/mol. The SMILES string of the molecule is CCc1ccccc1N(C(C)=O)c1nc(Cn2cnc3c(Cl)cc(Cl)cc3c2=O)cs1. The van der Waals surface area contributed by atoms with Gasteiger partial charge in [0.2, 0.25) is 5.91 Å². The van der Waals surface area contributed by atoms with Crippen molar-refractivity contribution in [2.24, 2.45) is 0 Å². The van der Waals surface area contributed by atoms with Gasteiger partial charge in [0.05, 0.1) is 40.2 Å². The minimum absolute atomic E-state index is 0.129. The van der Waals surface area contributed by atoms with Crippen molar-refractivity contribution in [2.45, 2.75) is 26.8 Å². The second-order valence-electron chi connectivity index (χ2n) is 6.92. The van der Waals surface area contributed by atoms with Crippen molar-refractivity contribution in [3.63, 3.8) is 0 Å². The van der Waals surface area contributed by atoms with Crippen LogP contribution in [0.15, 0.2) is 52.9 Å². The fourth-order valence-corrected chi connectivity index (χ4v) is 4.80. The van der Waals surface area contributed by atoms with E-state index in [1.54, 1.807) is 17.0 Å². The highest BCUT2D eigenvalue weighted by atomic mass is 35.5. The number of carbonyl (C=O) groups is 1. The lowest BCUT2D eigenvalue weighted by atomic mass is 10.1. The number of para-hydroxylation sites is 1. The quantitative estimate of drug-likeness (QED) is 0.386. The van der Waals surface area contributed by atoms with Crippen molar-refractivity contribution >= 4 is 62.2 Å². The van der Waals surface area contributed by atoms with Crippen LogP contribution in [0.4, 0.5) is 10.8 Å². The number of aromatic nitrogens is 3. The van der Waals surface area contributed by atoms with Crippen LogP contribution >= 0.6 is 34.5 Å². The zero-order valence-electron chi connectivity index (χ0n) is 16.8. The largest absolute Gasteiger partial charge is 0.293 e. The Morgan fingerprint density at radius 1 is 1.23 bits per heavy atom. The van der Waals surface area contributed by atoms with Gasteiger partial charge in [0.1, 0.15) is 0 Å². The molecule has 158 valence electrons. The monoisotopic (exact) mass is 472 g/mol. The molecule has 2 aromatic carbocycles. The number of thiazole rings is 1. The normalized spacial score (nSPS) is 11.1. The maximum absolute atomic E-state index is 12.9. The van der Waals surface area contributed by atoms with E-state index in [-0.39, 0.29) is 18.0 Å². The van der Waals surface area contributed by atoms with E-state index in [1.807, 2.05) is 36.6 Å². The highest BCUT2D eigenvalue weighted by Gasteiger charge is 2.20. The van der Waals surface area contributed by atoms with E-state index < -0.39 is 0 Å². The molecule has 0 fully saturated rings. The number of anilines is 2. The first-order valence-electron chi connectivity index (χ1n) is 9.56. The molecule has 1 amide bonds. The summed E-state index contributed by atoms with van der Waals surface area (Å²) in [4.78, 5) is 35.9. The zero-order chi connectivity index (χ0) is 22.1. The molecule has 0 saturated carbocycles. The van der Waals surface area contributed by atoms with Crippen molar-refractivity contribution in [3.05, 3.63) is 79.8 Å². The molecule has 2 heterocycles. The van der Waals surface area contributed by atoms with Crippen molar-refractivity contribution < 1.29 is 4.79 Å². The Morgan fingerprint density at radius 3 is 2.74 bits per heavy atom. The van der Waals surface area contributed by atoms with Gasteiger partial charge < -0.3 is 0 Å². The summed E-state index contributed by atoms with van der Waals surface area (Å²) in [5.41, 5.74) is 2.66. The molecule has 0 bridgehead atoms. The minimum Gasteiger partial charge on any atom is -0.293 e. The van der Waals surface area contributed by atoms with Gasteiger partial charge in [-0.1, -0.05) is 48.3 Å². The molecule has 0 radical (unpaired) electrons. The predicted octanol–water partition coefficient (Wildman–Crippen LogP) is 5.46. The van der Waals surface area contributed by atoms with Crippen LogP contribution < -0.4 is 10.5 Å². The summed E-state index contributed by atoms with van der Waals surface area (Å²) in [6.07, 6.45) is 2.24. The Labute approximate surface area is 192 Å². The van der Waals surface area contributed by atoms with Crippen LogP contribution in [0.3, 0.4) is 0 Å². The molecule has 6 nitrogen and oxygen atoms in total. The van der Waals surface area contributed by atoms with Gasteiger partial charge in [-0.05, 0) is 30.2 Å². The zero-order valence-corrected chi connectivity index (χ0v) is 19.1. The van der Waals surface area contributed by atoms with Crippen molar-refractivity contribution in [1.82, 2.24) is 14.5 Å². The summed E-state index contributed by atoms with van der Waals surface area (Å²) in [7, 11) is 0. The van der Waals surface area contributed by atoms with Crippen LogP contribution in [-0.4, -0.2) is 20.4 Å². The molecular formula is C22H18Cl2N4O2S. The van der Waals surface area contributed by atoms with Gasteiger partial charge in [0, 0.05) is 17.3 Å². The number of fused-ring (bicyclic) bond motifs is 1. The van der Waals surface area contributed by atoms with Gasteiger partial charge in [-0.25, -0.2) is 9.97 Å². The van der Waals surface area contributed by atoms with Crippen LogP contribution in [0, 0.1) is 0 Å². The van der Waals surface area contributed by atoms with E-state index in [0.717, 1.165) is 17.7 Å². The molecule has 0 saturated heterocycles. The fraction of sp³-hybridized carbons (Fsp3) is 0.182. The second-order valence-corrected chi connectivity index (χ2v) is 8.60. The maximum atomic E-state index is 12.9. The van der Waals surface area contributed by atoms with Crippen LogP contribution in [0.2, 0.25) is 10.0 Å². The summed E-state index contributed by atoms with van der Waals surface area (Å²) in [6.45, 7) is 3.77. The molecule has 0 aliphatic rings. The van der Waals surface area contributed by atoms with Crippen LogP contribution in [-0.2, 0) is 17.8 Å². The summed E-state index contributed by atoms with van der Waals surface area (Å²) >= 11 is 13.6. The number of nitrogens with zero attached hydrogens (tertiary/aromatic N) is 4. The Hall–Kier alpha value is -2.74. The molecule has 0 aliphatic heterocycles. The first-order valence-corrected chi connectivity index (χ1v) is 11.2. The summed E-state index contributed by atoms with van der Waals surface area (Å²) in [6, 6.07) is 10.9. The minimum atomic E-state index is -0.260. The number of hydrogen-bond donors (Lipinski definition) is 0. The molecule has 4 aromatic rings. The summed E-state index contributed by atoms with van der Waals surface area (Å²) in [5.74, 6) is -0.129. The average Bonchev–Trinajstić information content (AvgIpc) is 3.18. The number of carbonyl (C=O) groups excluding carboxylic acids is 1. The van der Waals surface area contributed by atoms with Crippen molar-refractivity contribution in [1.29, 1.82) is 0 Å². The van der Waals surface area contributed by atoms with Crippen LogP contribution in [0.5, 0.6) is 0 Å². The highest BCUT2D eigenvalue weighted by Crippen LogP contribution is 2.32. The third-order valence-electron chi connectivity index (χ3n) is 4.84. The standard InChI is InChI=1S/C22H18Cl2N4O2S/c1-3-14-6-4-5-7-19(14)28(13(2)29)22-26-16(11-31-22)10-27-12-25-20-17(21(27)30)8-15(23)9-18(20)24/h4-9,11-12H,3,10H2,1-2H3. The molecule has 9 heteroatoms. The van der Waals surface area contributed by atoms with E-state index in [4.69, 9.17) is 23.2 Å². The molecule has 31 heavy (non-hydrogen) atoms. The van der Waals surface area contributed by atoms with Gasteiger partial charge in [-0.3, -0.25) is 19.1 Å². The maximum Gasteiger partial charge on any atom is 0.261 e. The highest BCUT2D eigenvalue weighted by molar-refractivity contribution is 7.14. The smallest absolute Gasteiger partial charge is 0.261 e. The van der Waals surface area contributed by atoms with E-state index in [0.29, 0.717) is 31.8 Å². The number of aryl methyl sites for hydroxylation is 1. The van der Waals surface area contributed by atoms with Gasteiger partial charge in [0.25, 0.3) is 5.56 Å². The average molecular weight is 473 g/mol. The van der Waals surface area contributed by atoms with Gasteiger partial charge >= 0.3 is 0 Å². The third-order valence-corrected chi connectivity index (χ3v) is 6.22. The lowest BCUT2D eigenvalue weighted by Crippen LogP contribution is -2.24. The topological polar surface area (TPSA) is 68.1 Å². The number of rotatable bonds is 5. The number of halogens is 2. The summed E-state index contributed by atoms with van der Waals surface area (Å²) < 4.78 is 1.45. The van der Waals surface area contributed by atoms with Gasteiger partial charge in [-0.15, -0.1) is 11.3 Å². The number of amides is 1.